The summed E-state index contributed by atoms with van der Waals surface area (Å²) in [5, 5.41) is 11.4. The molecule has 0 radical (unpaired) electrons. The largest absolute Gasteiger partial charge is 0.433 e. The van der Waals surface area contributed by atoms with Crippen LogP contribution in [0.4, 0.5) is 8.78 Å². The van der Waals surface area contributed by atoms with E-state index in [1.165, 1.54) is 18.5 Å². The van der Waals surface area contributed by atoms with Gasteiger partial charge in [0.1, 0.15) is 17.7 Å². The average Bonchev–Trinajstić information content (AvgIpc) is 3.48. The number of hydrogen-bond donors (Lipinski definition) is 1. The summed E-state index contributed by atoms with van der Waals surface area (Å²) < 4.78 is 42.9. The molecule has 178 valence electrons. The predicted molar refractivity (Wildman–Crippen MR) is 128 cm³/mol. The molecule has 3 aromatic carbocycles. The standard InChI is InChI=1S/C26H23F2N5O2/c1-33-15-30-32-25(33)22-18(17-6-4-3-5-7-17)8-9-19(27)23(22)26-31-21-13-16(14-29-10-11-34-2)12-20(28)24(21)35-26/h3-9,12-13,15,29H,10-11,14H2,1-2H3. The van der Waals surface area contributed by atoms with Crippen LogP contribution in [0.2, 0.25) is 0 Å². The lowest BCUT2D eigenvalue weighted by molar-refractivity contribution is 0.199. The third kappa shape index (κ3) is 4.43. The van der Waals surface area contributed by atoms with E-state index in [2.05, 4.69) is 20.5 Å². The maximum absolute atomic E-state index is 15.4. The van der Waals surface area contributed by atoms with Crippen LogP contribution in [0.5, 0.6) is 0 Å². The van der Waals surface area contributed by atoms with Crippen LogP contribution in [-0.4, -0.2) is 40.0 Å². The van der Waals surface area contributed by atoms with Crippen molar-refractivity contribution in [2.45, 2.75) is 6.54 Å². The maximum atomic E-state index is 15.4. The number of ether oxygens (including phenoxy) is 1. The van der Waals surface area contributed by atoms with Crippen molar-refractivity contribution >= 4 is 11.1 Å². The fourth-order valence-corrected chi connectivity index (χ4v) is 4.05. The van der Waals surface area contributed by atoms with Crippen molar-refractivity contribution in [2.75, 3.05) is 20.3 Å². The Morgan fingerprint density at radius 2 is 1.86 bits per heavy atom. The minimum atomic E-state index is -0.565. The number of rotatable bonds is 8. The Kier molecular flexibility index (Phi) is 6.35. The highest BCUT2D eigenvalue weighted by Gasteiger charge is 2.25. The van der Waals surface area contributed by atoms with E-state index < -0.39 is 11.6 Å². The predicted octanol–water partition coefficient (Wildman–Crippen LogP) is 4.97. The second-order valence-electron chi connectivity index (χ2n) is 8.09. The molecule has 0 fully saturated rings. The van der Waals surface area contributed by atoms with Crippen LogP contribution in [-0.2, 0) is 18.3 Å². The Bertz CT molecular complexity index is 1480. The van der Waals surface area contributed by atoms with E-state index in [4.69, 9.17) is 9.15 Å². The number of nitrogens with one attached hydrogen (secondary N) is 1. The van der Waals surface area contributed by atoms with E-state index in [1.54, 1.807) is 30.9 Å². The molecule has 0 spiro atoms. The summed E-state index contributed by atoms with van der Waals surface area (Å²) in [6.07, 6.45) is 1.54. The molecule has 0 saturated carbocycles. The summed E-state index contributed by atoms with van der Waals surface area (Å²) in [5.41, 5.74) is 3.11. The van der Waals surface area contributed by atoms with Gasteiger partial charge in [-0.25, -0.2) is 13.8 Å². The van der Waals surface area contributed by atoms with Gasteiger partial charge in [0.25, 0.3) is 0 Å². The van der Waals surface area contributed by atoms with Gasteiger partial charge in [-0.15, -0.1) is 10.2 Å². The topological polar surface area (TPSA) is 78.0 Å². The highest BCUT2D eigenvalue weighted by atomic mass is 19.1. The molecule has 0 aliphatic carbocycles. The van der Waals surface area contributed by atoms with Gasteiger partial charge in [0.15, 0.2) is 17.2 Å². The molecule has 2 aromatic heterocycles. The normalized spacial score (nSPS) is 11.4. The third-order valence-corrected chi connectivity index (χ3v) is 5.70. The molecule has 0 aliphatic heterocycles. The zero-order chi connectivity index (χ0) is 24.4. The first-order valence-electron chi connectivity index (χ1n) is 11.1. The Balaban J connectivity index is 1.67. The van der Waals surface area contributed by atoms with Crippen LogP contribution in [0.25, 0.3) is 45.1 Å². The lowest BCUT2D eigenvalue weighted by atomic mass is 9.94. The Hall–Kier alpha value is -3.95. The molecule has 9 heteroatoms. The number of methoxy groups -OCH3 is 1. The number of aryl methyl sites for hydroxylation is 1. The molecule has 0 bridgehead atoms. The van der Waals surface area contributed by atoms with Gasteiger partial charge < -0.3 is 19.0 Å². The summed E-state index contributed by atoms with van der Waals surface area (Å²) in [6.45, 7) is 1.60. The molecule has 5 aromatic rings. The molecular weight excluding hydrogens is 452 g/mol. The molecule has 5 rings (SSSR count). The highest BCUT2D eigenvalue weighted by Crippen LogP contribution is 2.41. The first-order chi connectivity index (χ1) is 17.1. The Morgan fingerprint density at radius 1 is 1.03 bits per heavy atom. The number of fused-ring (bicyclic) bond motifs is 1. The molecule has 1 N–H and O–H groups in total. The second-order valence-corrected chi connectivity index (χ2v) is 8.09. The third-order valence-electron chi connectivity index (χ3n) is 5.70. The van der Waals surface area contributed by atoms with Gasteiger partial charge in [0, 0.05) is 32.8 Å². The molecule has 2 heterocycles. The molecule has 0 aliphatic rings. The van der Waals surface area contributed by atoms with Crippen LogP contribution < -0.4 is 5.32 Å². The zero-order valence-electron chi connectivity index (χ0n) is 19.3. The quantitative estimate of drug-likeness (QED) is 0.319. The van der Waals surface area contributed by atoms with E-state index in [0.717, 1.165) is 11.1 Å². The van der Waals surface area contributed by atoms with Gasteiger partial charge in [-0.05, 0) is 34.9 Å². The van der Waals surface area contributed by atoms with E-state index in [0.29, 0.717) is 42.2 Å². The molecule has 0 saturated heterocycles. The smallest absolute Gasteiger partial charge is 0.231 e. The zero-order valence-corrected chi connectivity index (χ0v) is 19.3. The summed E-state index contributed by atoms with van der Waals surface area (Å²) >= 11 is 0. The number of oxazole rings is 1. The lowest BCUT2D eigenvalue weighted by Gasteiger charge is -2.14. The minimum Gasteiger partial charge on any atom is -0.433 e. The van der Waals surface area contributed by atoms with Crippen molar-refractivity contribution in [1.82, 2.24) is 25.1 Å². The molecule has 0 amide bonds. The van der Waals surface area contributed by atoms with Gasteiger partial charge in [-0.2, -0.15) is 0 Å². The highest BCUT2D eigenvalue weighted by molar-refractivity contribution is 5.92. The van der Waals surface area contributed by atoms with Gasteiger partial charge >= 0.3 is 0 Å². The van der Waals surface area contributed by atoms with Crippen molar-refractivity contribution in [2.24, 2.45) is 7.05 Å². The monoisotopic (exact) mass is 475 g/mol. The first kappa shape index (κ1) is 22.8. The average molecular weight is 475 g/mol. The summed E-state index contributed by atoms with van der Waals surface area (Å²) in [4.78, 5) is 4.49. The van der Waals surface area contributed by atoms with Crippen molar-refractivity contribution in [1.29, 1.82) is 0 Å². The van der Waals surface area contributed by atoms with Gasteiger partial charge in [0.05, 0.1) is 12.2 Å². The Labute approximate surface area is 200 Å². The van der Waals surface area contributed by atoms with E-state index >= 15 is 4.39 Å². The van der Waals surface area contributed by atoms with E-state index in [9.17, 15) is 4.39 Å². The van der Waals surface area contributed by atoms with Crippen molar-refractivity contribution in [3.63, 3.8) is 0 Å². The van der Waals surface area contributed by atoms with Gasteiger partial charge in [0.2, 0.25) is 5.89 Å². The number of nitrogens with zero attached hydrogens (tertiary/aromatic N) is 4. The molecular formula is C26H23F2N5O2. The van der Waals surface area contributed by atoms with E-state index in [1.807, 2.05) is 30.3 Å². The number of hydrogen-bond acceptors (Lipinski definition) is 6. The maximum Gasteiger partial charge on any atom is 0.231 e. The van der Waals surface area contributed by atoms with Crippen molar-refractivity contribution < 1.29 is 17.9 Å². The molecule has 0 unspecified atom stereocenters. The van der Waals surface area contributed by atoms with Crippen molar-refractivity contribution in [3.8, 4) is 34.0 Å². The first-order valence-corrected chi connectivity index (χ1v) is 11.1. The van der Waals surface area contributed by atoms with Crippen molar-refractivity contribution in [3.05, 3.63) is 78.1 Å². The second kappa shape index (κ2) is 9.73. The van der Waals surface area contributed by atoms with Crippen LogP contribution in [0.15, 0.2) is 65.3 Å². The Morgan fingerprint density at radius 3 is 2.60 bits per heavy atom. The minimum absolute atomic E-state index is 0.0309. The summed E-state index contributed by atoms with van der Waals surface area (Å²) in [7, 11) is 3.39. The SMILES string of the molecule is COCCNCc1cc(F)c2oc(-c3c(F)ccc(-c4ccccc4)c3-c3nncn3C)nc2c1. The van der Waals surface area contributed by atoms with Crippen LogP contribution in [0.3, 0.4) is 0 Å². The lowest BCUT2D eigenvalue weighted by Crippen LogP contribution is -2.18. The van der Waals surface area contributed by atoms with Gasteiger partial charge in [-0.3, -0.25) is 0 Å². The van der Waals surface area contributed by atoms with E-state index in [-0.39, 0.29) is 17.0 Å². The fourth-order valence-electron chi connectivity index (χ4n) is 4.05. The number of aromatic nitrogens is 4. The summed E-state index contributed by atoms with van der Waals surface area (Å²) in [6, 6.07) is 15.7. The van der Waals surface area contributed by atoms with Crippen LogP contribution in [0, 0.1) is 11.6 Å². The molecule has 35 heavy (non-hydrogen) atoms. The number of benzene rings is 3. The number of halogens is 2. The molecule has 7 nitrogen and oxygen atoms in total. The summed E-state index contributed by atoms with van der Waals surface area (Å²) in [5.74, 6) is -0.721. The molecule has 0 atom stereocenters. The van der Waals surface area contributed by atoms with Crippen LogP contribution in [0.1, 0.15) is 5.56 Å². The fraction of sp³-hybridized carbons (Fsp3) is 0.192. The van der Waals surface area contributed by atoms with Gasteiger partial charge in [-0.1, -0.05) is 36.4 Å². The van der Waals surface area contributed by atoms with Crippen LogP contribution >= 0.6 is 0 Å².